The van der Waals surface area contributed by atoms with Crippen LogP contribution in [0, 0.1) is 17.7 Å². The summed E-state index contributed by atoms with van der Waals surface area (Å²) < 4.78 is 13.7. The topological polar surface area (TPSA) is 88.0 Å². The Morgan fingerprint density at radius 3 is 2.81 bits per heavy atom. The fourth-order valence-electron chi connectivity index (χ4n) is 1.62. The number of nitrogens with two attached hydrogens (primary N) is 1. The van der Waals surface area contributed by atoms with Crippen molar-refractivity contribution in [1.82, 2.24) is 4.98 Å². The highest BCUT2D eigenvalue weighted by atomic mass is 19.1. The first-order valence-electron chi connectivity index (χ1n) is 6.09. The molecule has 5 nitrogen and oxygen atoms in total. The summed E-state index contributed by atoms with van der Waals surface area (Å²) in [6.45, 7) is 0.138. The standard InChI is InChI=1S/C15H12FN3O2/c16-12-9-11(7-6-10(12)3-2-8-17)18-15(21)13-4-1-5-14(20)19-13/h1,4-7,9H,8,17H2,(H,18,21)(H,19,20). The van der Waals surface area contributed by atoms with Crippen molar-refractivity contribution in [2.24, 2.45) is 5.73 Å². The van der Waals surface area contributed by atoms with Crippen LogP contribution in [0.5, 0.6) is 0 Å². The van der Waals surface area contributed by atoms with E-state index >= 15 is 0 Å². The Labute approximate surface area is 120 Å². The first-order chi connectivity index (χ1) is 10.1. The highest BCUT2D eigenvalue weighted by Crippen LogP contribution is 2.14. The molecule has 2 rings (SSSR count). The largest absolute Gasteiger partial charge is 0.321 e. The number of H-pyrrole nitrogens is 1. The Kier molecular flexibility index (Phi) is 4.49. The number of aromatic amines is 1. The van der Waals surface area contributed by atoms with Gasteiger partial charge in [0.15, 0.2) is 0 Å². The smallest absolute Gasteiger partial charge is 0.272 e. The normalized spacial score (nSPS) is 9.62. The number of nitrogens with one attached hydrogen (secondary N) is 2. The molecular weight excluding hydrogens is 273 g/mol. The Balaban J connectivity index is 2.18. The molecule has 6 heteroatoms. The van der Waals surface area contributed by atoms with E-state index in [9.17, 15) is 14.0 Å². The molecular formula is C15H12FN3O2. The van der Waals surface area contributed by atoms with Gasteiger partial charge in [0, 0.05) is 11.8 Å². The third kappa shape index (κ3) is 3.78. The van der Waals surface area contributed by atoms with Gasteiger partial charge in [-0.15, -0.1) is 0 Å². The van der Waals surface area contributed by atoms with Crippen molar-refractivity contribution in [2.75, 3.05) is 11.9 Å². The molecule has 1 heterocycles. The van der Waals surface area contributed by atoms with E-state index in [2.05, 4.69) is 22.1 Å². The van der Waals surface area contributed by atoms with Crippen LogP contribution in [0.2, 0.25) is 0 Å². The van der Waals surface area contributed by atoms with Crippen LogP contribution in [0.15, 0.2) is 41.2 Å². The van der Waals surface area contributed by atoms with Crippen molar-refractivity contribution in [2.45, 2.75) is 0 Å². The lowest BCUT2D eigenvalue weighted by Crippen LogP contribution is -2.17. The maximum absolute atomic E-state index is 13.7. The Morgan fingerprint density at radius 1 is 1.33 bits per heavy atom. The first-order valence-corrected chi connectivity index (χ1v) is 6.09. The number of halogens is 1. The molecule has 0 aliphatic rings. The highest BCUT2D eigenvalue weighted by molar-refractivity contribution is 6.02. The maximum atomic E-state index is 13.7. The summed E-state index contributed by atoms with van der Waals surface area (Å²) in [4.78, 5) is 25.4. The number of hydrogen-bond donors (Lipinski definition) is 3. The molecule has 21 heavy (non-hydrogen) atoms. The summed E-state index contributed by atoms with van der Waals surface area (Å²) in [5.74, 6) is 4.04. The lowest BCUT2D eigenvalue weighted by Gasteiger charge is -2.05. The van der Waals surface area contributed by atoms with Crippen LogP contribution < -0.4 is 16.6 Å². The van der Waals surface area contributed by atoms with Crippen molar-refractivity contribution in [3.05, 3.63) is 63.8 Å². The molecule has 2 aromatic rings. The molecule has 0 unspecified atom stereocenters. The van der Waals surface area contributed by atoms with Crippen molar-refractivity contribution in [3.63, 3.8) is 0 Å². The Morgan fingerprint density at radius 2 is 2.14 bits per heavy atom. The minimum absolute atomic E-state index is 0.0925. The van der Waals surface area contributed by atoms with E-state index in [0.29, 0.717) is 0 Å². The minimum atomic E-state index is -0.560. The number of amides is 1. The van der Waals surface area contributed by atoms with Crippen molar-refractivity contribution in [3.8, 4) is 11.8 Å². The van der Waals surface area contributed by atoms with Gasteiger partial charge in [0.25, 0.3) is 5.91 Å². The zero-order valence-corrected chi connectivity index (χ0v) is 10.9. The fraction of sp³-hybridized carbons (Fsp3) is 0.0667. The fourth-order valence-corrected chi connectivity index (χ4v) is 1.62. The van der Waals surface area contributed by atoms with Gasteiger partial charge in [-0.1, -0.05) is 17.9 Å². The molecule has 0 aliphatic carbocycles. The summed E-state index contributed by atoms with van der Waals surface area (Å²) in [6.07, 6.45) is 0. The lowest BCUT2D eigenvalue weighted by molar-refractivity contribution is 0.102. The van der Waals surface area contributed by atoms with Gasteiger partial charge in [-0.2, -0.15) is 0 Å². The van der Waals surface area contributed by atoms with E-state index in [1.54, 1.807) is 0 Å². The van der Waals surface area contributed by atoms with E-state index in [-0.39, 0.29) is 29.0 Å². The van der Waals surface area contributed by atoms with Gasteiger partial charge >= 0.3 is 0 Å². The molecule has 106 valence electrons. The summed E-state index contributed by atoms with van der Waals surface area (Å²) in [6, 6.07) is 8.32. The molecule has 0 saturated heterocycles. The van der Waals surface area contributed by atoms with Gasteiger partial charge in [0.05, 0.1) is 12.1 Å². The number of anilines is 1. The second-order valence-electron chi connectivity index (χ2n) is 4.08. The first kappa shape index (κ1) is 14.5. The Bertz CT molecular complexity index is 787. The zero-order chi connectivity index (χ0) is 15.2. The molecule has 0 spiro atoms. The van der Waals surface area contributed by atoms with E-state index in [0.717, 1.165) is 6.07 Å². The minimum Gasteiger partial charge on any atom is -0.321 e. The lowest BCUT2D eigenvalue weighted by atomic mass is 10.2. The third-order valence-electron chi connectivity index (χ3n) is 2.57. The molecule has 0 saturated carbocycles. The molecule has 0 aliphatic heterocycles. The molecule has 0 fully saturated rings. The number of carbonyl (C=O) groups is 1. The summed E-state index contributed by atoms with van der Waals surface area (Å²) in [7, 11) is 0. The molecule has 1 aromatic carbocycles. The van der Waals surface area contributed by atoms with Gasteiger partial charge in [-0.05, 0) is 24.3 Å². The average Bonchev–Trinajstić information content (AvgIpc) is 2.46. The number of benzene rings is 1. The SMILES string of the molecule is NCC#Cc1ccc(NC(=O)c2cccc(=O)[nH]2)cc1F. The number of hydrogen-bond acceptors (Lipinski definition) is 3. The van der Waals surface area contributed by atoms with Crippen LogP contribution >= 0.6 is 0 Å². The summed E-state index contributed by atoms with van der Waals surface area (Å²) in [5.41, 5.74) is 5.39. The van der Waals surface area contributed by atoms with Crippen molar-refractivity contribution >= 4 is 11.6 Å². The molecule has 1 amide bonds. The van der Waals surface area contributed by atoms with Gasteiger partial charge in [-0.25, -0.2) is 4.39 Å². The second-order valence-corrected chi connectivity index (χ2v) is 4.08. The summed E-state index contributed by atoms with van der Waals surface area (Å²) >= 11 is 0. The maximum Gasteiger partial charge on any atom is 0.272 e. The number of rotatable bonds is 2. The van der Waals surface area contributed by atoms with E-state index < -0.39 is 11.7 Å². The number of pyridine rings is 1. The number of aromatic nitrogens is 1. The van der Waals surface area contributed by atoms with Crippen molar-refractivity contribution < 1.29 is 9.18 Å². The predicted molar refractivity (Wildman–Crippen MR) is 77.3 cm³/mol. The van der Waals surface area contributed by atoms with E-state index in [4.69, 9.17) is 5.73 Å². The predicted octanol–water partition coefficient (Wildman–Crippen LogP) is 1.08. The summed E-state index contributed by atoms with van der Waals surface area (Å²) in [5, 5.41) is 2.49. The van der Waals surface area contributed by atoms with Crippen molar-refractivity contribution in [1.29, 1.82) is 0 Å². The van der Waals surface area contributed by atoms with E-state index in [1.165, 1.54) is 30.3 Å². The molecule has 0 radical (unpaired) electrons. The van der Waals surface area contributed by atoms with Gasteiger partial charge in [-0.3, -0.25) is 9.59 Å². The molecule has 0 atom stereocenters. The zero-order valence-electron chi connectivity index (χ0n) is 10.9. The van der Waals surface area contributed by atoms with E-state index in [1.807, 2.05) is 0 Å². The van der Waals surface area contributed by atoms with Crippen LogP contribution in [-0.2, 0) is 0 Å². The highest BCUT2D eigenvalue weighted by Gasteiger charge is 2.08. The van der Waals surface area contributed by atoms with Gasteiger partial charge < -0.3 is 16.0 Å². The quantitative estimate of drug-likeness (QED) is 0.721. The molecule has 0 bridgehead atoms. The molecule has 1 aromatic heterocycles. The van der Waals surface area contributed by atoms with Crippen LogP contribution in [0.3, 0.4) is 0 Å². The van der Waals surface area contributed by atoms with Gasteiger partial charge in [0.1, 0.15) is 11.5 Å². The van der Waals surface area contributed by atoms with Crippen LogP contribution in [0.1, 0.15) is 16.1 Å². The van der Waals surface area contributed by atoms with Crippen LogP contribution in [0.25, 0.3) is 0 Å². The average molecular weight is 285 g/mol. The monoisotopic (exact) mass is 285 g/mol. The van der Waals surface area contributed by atoms with Crippen LogP contribution in [0.4, 0.5) is 10.1 Å². The molecule has 4 N–H and O–H groups in total. The number of carbonyl (C=O) groups excluding carboxylic acids is 1. The second kappa shape index (κ2) is 6.50. The third-order valence-corrected chi connectivity index (χ3v) is 2.57. The van der Waals surface area contributed by atoms with Crippen LogP contribution in [-0.4, -0.2) is 17.4 Å². The van der Waals surface area contributed by atoms with Gasteiger partial charge in [0.2, 0.25) is 5.56 Å². The Hall–Kier alpha value is -2.91.